The summed E-state index contributed by atoms with van der Waals surface area (Å²) in [5.41, 5.74) is 1.13. The standard InChI is InChI=1S/C22H22ClN3O/c23-19-9-5-4-8-18(19)22(27)11-14-26(15-12-22)21-10-13-24-20(25-21)16-17-6-2-1-3-7-17/h1-10,13,27H,11-12,14-16H2. The van der Waals surface area contributed by atoms with Crippen LogP contribution in [0.1, 0.15) is 29.8 Å². The molecule has 0 aliphatic carbocycles. The molecule has 3 aromatic rings. The van der Waals surface area contributed by atoms with Crippen LogP contribution in [-0.2, 0) is 12.0 Å². The van der Waals surface area contributed by atoms with Gasteiger partial charge in [0.25, 0.3) is 0 Å². The molecular weight excluding hydrogens is 358 g/mol. The first kappa shape index (κ1) is 18.0. The number of piperidine rings is 1. The molecule has 2 aromatic carbocycles. The molecule has 4 rings (SSSR count). The van der Waals surface area contributed by atoms with Crippen molar-refractivity contribution in [1.82, 2.24) is 9.97 Å². The lowest BCUT2D eigenvalue weighted by atomic mass is 9.84. The van der Waals surface area contributed by atoms with Crippen LogP contribution < -0.4 is 4.90 Å². The molecule has 1 fully saturated rings. The molecule has 0 atom stereocenters. The third-order valence-electron chi connectivity index (χ3n) is 5.19. The molecule has 0 saturated carbocycles. The molecule has 1 saturated heterocycles. The Bertz CT molecular complexity index is 908. The third kappa shape index (κ3) is 3.97. The van der Waals surface area contributed by atoms with E-state index >= 15 is 0 Å². The summed E-state index contributed by atoms with van der Waals surface area (Å²) in [5.74, 6) is 1.72. The minimum absolute atomic E-state index is 0.620. The van der Waals surface area contributed by atoms with Gasteiger partial charge in [-0.1, -0.05) is 60.1 Å². The second-order valence-electron chi connectivity index (χ2n) is 6.99. The lowest BCUT2D eigenvalue weighted by Gasteiger charge is -2.39. The van der Waals surface area contributed by atoms with E-state index in [0.29, 0.717) is 24.3 Å². The van der Waals surface area contributed by atoms with Crippen molar-refractivity contribution in [2.45, 2.75) is 24.9 Å². The quantitative estimate of drug-likeness (QED) is 0.737. The Kier molecular flexibility index (Phi) is 5.10. The van der Waals surface area contributed by atoms with Crippen LogP contribution in [0.5, 0.6) is 0 Å². The van der Waals surface area contributed by atoms with Gasteiger partial charge in [0.15, 0.2) is 0 Å². The van der Waals surface area contributed by atoms with Crippen molar-refractivity contribution in [3.63, 3.8) is 0 Å². The van der Waals surface area contributed by atoms with E-state index < -0.39 is 5.60 Å². The van der Waals surface area contributed by atoms with Gasteiger partial charge in [0.1, 0.15) is 11.6 Å². The highest BCUT2D eigenvalue weighted by atomic mass is 35.5. The van der Waals surface area contributed by atoms with Gasteiger partial charge in [-0.05, 0) is 30.5 Å². The number of hydrogen-bond donors (Lipinski definition) is 1. The van der Waals surface area contributed by atoms with Gasteiger partial charge in [-0.15, -0.1) is 0 Å². The fraction of sp³-hybridized carbons (Fsp3) is 0.273. The summed E-state index contributed by atoms with van der Waals surface area (Å²) in [5, 5.41) is 11.7. The number of benzene rings is 2. The normalized spacial score (nSPS) is 16.3. The molecule has 1 N–H and O–H groups in total. The molecule has 4 nitrogen and oxygen atoms in total. The van der Waals surface area contributed by atoms with E-state index in [2.05, 4.69) is 22.0 Å². The number of hydrogen-bond acceptors (Lipinski definition) is 4. The van der Waals surface area contributed by atoms with E-state index in [1.165, 1.54) is 5.56 Å². The predicted molar refractivity (Wildman–Crippen MR) is 108 cm³/mol. The Hall–Kier alpha value is -2.43. The maximum Gasteiger partial charge on any atom is 0.135 e. The molecule has 1 aliphatic rings. The van der Waals surface area contributed by atoms with E-state index in [0.717, 1.165) is 30.3 Å². The molecular formula is C22H22ClN3O. The summed E-state index contributed by atoms with van der Waals surface area (Å²) >= 11 is 6.30. The highest BCUT2D eigenvalue weighted by molar-refractivity contribution is 6.31. The molecule has 0 spiro atoms. The lowest BCUT2D eigenvalue weighted by Crippen LogP contribution is -2.43. The van der Waals surface area contributed by atoms with Crippen molar-refractivity contribution in [2.24, 2.45) is 0 Å². The van der Waals surface area contributed by atoms with Crippen molar-refractivity contribution >= 4 is 17.4 Å². The monoisotopic (exact) mass is 379 g/mol. The fourth-order valence-corrected chi connectivity index (χ4v) is 3.95. The molecule has 5 heteroatoms. The Morgan fingerprint density at radius 3 is 2.41 bits per heavy atom. The average Bonchev–Trinajstić information content (AvgIpc) is 2.70. The number of anilines is 1. The summed E-state index contributed by atoms with van der Waals surface area (Å²) in [6, 6.07) is 19.7. The number of nitrogens with zero attached hydrogens (tertiary/aromatic N) is 3. The molecule has 0 unspecified atom stereocenters. The Labute approximate surface area is 164 Å². The van der Waals surface area contributed by atoms with Crippen molar-refractivity contribution in [1.29, 1.82) is 0 Å². The van der Waals surface area contributed by atoms with Crippen LogP contribution in [0.15, 0.2) is 66.9 Å². The van der Waals surface area contributed by atoms with Crippen molar-refractivity contribution in [3.05, 3.63) is 88.8 Å². The third-order valence-corrected chi connectivity index (χ3v) is 5.52. The minimum Gasteiger partial charge on any atom is -0.385 e. The van der Waals surface area contributed by atoms with E-state index in [1.807, 2.05) is 54.7 Å². The highest BCUT2D eigenvalue weighted by Gasteiger charge is 2.35. The number of aliphatic hydroxyl groups is 1. The first-order valence-electron chi connectivity index (χ1n) is 9.22. The smallest absolute Gasteiger partial charge is 0.135 e. The maximum atomic E-state index is 11.1. The van der Waals surface area contributed by atoms with Gasteiger partial charge < -0.3 is 10.0 Å². The van der Waals surface area contributed by atoms with Crippen LogP contribution in [0.2, 0.25) is 5.02 Å². The van der Waals surface area contributed by atoms with Gasteiger partial charge in [0, 0.05) is 36.3 Å². The second-order valence-corrected chi connectivity index (χ2v) is 7.40. The average molecular weight is 380 g/mol. The zero-order valence-electron chi connectivity index (χ0n) is 15.1. The SMILES string of the molecule is OC1(c2ccccc2Cl)CCN(c2ccnc(Cc3ccccc3)n2)CC1. The fourth-order valence-electron chi connectivity index (χ4n) is 3.64. The molecule has 1 aliphatic heterocycles. The topological polar surface area (TPSA) is 49.2 Å². The Morgan fingerprint density at radius 2 is 1.67 bits per heavy atom. The van der Waals surface area contributed by atoms with Gasteiger partial charge >= 0.3 is 0 Å². The van der Waals surface area contributed by atoms with Crippen LogP contribution in [0.3, 0.4) is 0 Å². The second kappa shape index (κ2) is 7.67. The van der Waals surface area contributed by atoms with E-state index in [-0.39, 0.29) is 0 Å². The number of aromatic nitrogens is 2. The van der Waals surface area contributed by atoms with Crippen LogP contribution in [0.25, 0.3) is 0 Å². The zero-order valence-corrected chi connectivity index (χ0v) is 15.8. The molecule has 0 radical (unpaired) electrons. The van der Waals surface area contributed by atoms with Crippen LogP contribution in [0, 0.1) is 0 Å². The molecule has 0 bridgehead atoms. The van der Waals surface area contributed by atoms with Gasteiger partial charge in [0.2, 0.25) is 0 Å². The summed E-state index contributed by atoms with van der Waals surface area (Å²) in [7, 11) is 0. The summed E-state index contributed by atoms with van der Waals surface area (Å²) in [6.07, 6.45) is 3.77. The highest BCUT2D eigenvalue weighted by Crippen LogP contribution is 2.37. The predicted octanol–water partition coefficient (Wildman–Crippen LogP) is 4.21. The van der Waals surface area contributed by atoms with Gasteiger partial charge in [-0.3, -0.25) is 0 Å². The van der Waals surface area contributed by atoms with Crippen LogP contribution >= 0.6 is 11.6 Å². The molecule has 27 heavy (non-hydrogen) atoms. The maximum absolute atomic E-state index is 11.1. The van der Waals surface area contributed by atoms with Crippen molar-refractivity contribution in [3.8, 4) is 0 Å². The largest absolute Gasteiger partial charge is 0.385 e. The van der Waals surface area contributed by atoms with Gasteiger partial charge in [-0.25, -0.2) is 9.97 Å². The Morgan fingerprint density at radius 1 is 0.963 bits per heavy atom. The lowest BCUT2D eigenvalue weighted by molar-refractivity contribution is 0.0117. The number of rotatable bonds is 4. The first-order chi connectivity index (χ1) is 13.1. The summed E-state index contributed by atoms with van der Waals surface area (Å²) in [6.45, 7) is 1.45. The van der Waals surface area contributed by atoms with Crippen molar-refractivity contribution < 1.29 is 5.11 Å². The molecule has 1 aromatic heterocycles. The van der Waals surface area contributed by atoms with E-state index in [4.69, 9.17) is 16.6 Å². The summed E-state index contributed by atoms with van der Waals surface area (Å²) in [4.78, 5) is 11.4. The van der Waals surface area contributed by atoms with Gasteiger partial charge in [0.05, 0.1) is 5.60 Å². The Balaban J connectivity index is 1.47. The molecule has 2 heterocycles. The summed E-state index contributed by atoms with van der Waals surface area (Å²) < 4.78 is 0. The van der Waals surface area contributed by atoms with Crippen LogP contribution in [0.4, 0.5) is 5.82 Å². The molecule has 0 amide bonds. The van der Waals surface area contributed by atoms with Crippen molar-refractivity contribution in [2.75, 3.05) is 18.0 Å². The first-order valence-corrected chi connectivity index (χ1v) is 9.60. The van der Waals surface area contributed by atoms with Crippen LogP contribution in [-0.4, -0.2) is 28.2 Å². The minimum atomic E-state index is -0.880. The van der Waals surface area contributed by atoms with Gasteiger partial charge in [-0.2, -0.15) is 0 Å². The van der Waals surface area contributed by atoms with E-state index in [1.54, 1.807) is 0 Å². The zero-order chi connectivity index (χ0) is 18.7. The molecule has 138 valence electrons. The number of halogens is 1. The van der Waals surface area contributed by atoms with E-state index in [9.17, 15) is 5.11 Å².